The Bertz CT molecular complexity index is 173. The molecule has 0 heterocycles. The summed E-state index contributed by atoms with van der Waals surface area (Å²) in [6.07, 6.45) is 2.39. The van der Waals surface area contributed by atoms with Gasteiger partial charge >= 0.3 is 0 Å². The highest BCUT2D eigenvalue weighted by atomic mass is 16.5. The predicted octanol–water partition coefficient (Wildman–Crippen LogP) is 2.19. The second kappa shape index (κ2) is 8.04. The van der Waals surface area contributed by atoms with E-state index in [9.17, 15) is 5.11 Å². The lowest BCUT2D eigenvalue weighted by atomic mass is 9.95. The molecular formula is C13H29NO2. The van der Waals surface area contributed by atoms with Crippen LogP contribution in [0.5, 0.6) is 0 Å². The van der Waals surface area contributed by atoms with E-state index in [1.807, 2.05) is 7.05 Å². The number of nitrogens with one attached hydrogen (secondary N) is 1. The number of likely N-dealkylation sites (N-methyl/N-ethyl adjacent to an activating group) is 1. The van der Waals surface area contributed by atoms with Gasteiger partial charge in [-0.05, 0) is 32.7 Å². The molecule has 0 saturated carbocycles. The Morgan fingerprint density at radius 3 is 2.44 bits per heavy atom. The summed E-state index contributed by atoms with van der Waals surface area (Å²) in [7, 11) is 1.85. The Labute approximate surface area is 101 Å². The quantitative estimate of drug-likeness (QED) is 0.639. The number of hydrogen-bond donors (Lipinski definition) is 2. The van der Waals surface area contributed by atoms with E-state index in [2.05, 4.69) is 33.0 Å². The molecular weight excluding hydrogens is 202 g/mol. The topological polar surface area (TPSA) is 41.5 Å². The fourth-order valence-electron chi connectivity index (χ4n) is 1.65. The van der Waals surface area contributed by atoms with Crippen LogP contribution in [0.15, 0.2) is 0 Å². The van der Waals surface area contributed by atoms with Crippen LogP contribution in [0.2, 0.25) is 0 Å². The molecule has 0 amide bonds. The summed E-state index contributed by atoms with van der Waals surface area (Å²) in [6, 6.07) is 0. The van der Waals surface area contributed by atoms with Gasteiger partial charge < -0.3 is 15.2 Å². The van der Waals surface area contributed by atoms with Crippen molar-refractivity contribution in [2.75, 3.05) is 20.2 Å². The molecule has 0 aliphatic rings. The largest absolute Gasteiger partial charge is 0.392 e. The third-order valence-corrected chi connectivity index (χ3v) is 3.00. The zero-order valence-corrected chi connectivity index (χ0v) is 11.5. The Kier molecular flexibility index (Phi) is 7.98. The minimum absolute atomic E-state index is 0.189. The first kappa shape index (κ1) is 15.9. The standard InChI is InChI=1S/C13H29NO2/c1-6-13(4,9-12(15)10-14-5)16-8-7-11(2)3/h11-12,14-15H,6-10H2,1-5H3. The Morgan fingerprint density at radius 2 is 2.00 bits per heavy atom. The number of rotatable bonds is 9. The van der Waals surface area contributed by atoms with Crippen molar-refractivity contribution in [3.05, 3.63) is 0 Å². The third kappa shape index (κ3) is 7.20. The van der Waals surface area contributed by atoms with Gasteiger partial charge in [-0.25, -0.2) is 0 Å². The molecule has 0 aromatic rings. The molecule has 0 rings (SSSR count). The molecule has 2 atom stereocenters. The summed E-state index contributed by atoms with van der Waals surface area (Å²) < 4.78 is 5.92. The fraction of sp³-hybridized carbons (Fsp3) is 1.00. The first-order chi connectivity index (χ1) is 7.43. The molecule has 0 saturated heterocycles. The molecule has 98 valence electrons. The fourth-order valence-corrected chi connectivity index (χ4v) is 1.65. The molecule has 0 aromatic heterocycles. The molecule has 3 heteroatoms. The summed E-state index contributed by atoms with van der Waals surface area (Å²) >= 11 is 0. The first-order valence-electron chi connectivity index (χ1n) is 6.40. The molecule has 0 aromatic carbocycles. The molecule has 0 bridgehead atoms. The van der Waals surface area contributed by atoms with Crippen LogP contribution in [0.4, 0.5) is 0 Å². The molecule has 2 N–H and O–H groups in total. The van der Waals surface area contributed by atoms with E-state index in [4.69, 9.17) is 4.74 Å². The highest BCUT2D eigenvalue weighted by Crippen LogP contribution is 2.22. The van der Waals surface area contributed by atoms with Gasteiger partial charge in [-0.15, -0.1) is 0 Å². The highest BCUT2D eigenvalue weighted by Gasteiger charge is 2.26. The SMILES string of the molecule is CCC(C)(CC(O)CNC)OCCC(C)C. The number of aliphatic hydroxyl groups excluding tert-OH is 1. The second-order valence-corrected chi connectivity index (χ2v) is 5.25. The Morgan fingerprint density at radius 1 is 1.38 bits per heavy atom. The van der Waals surface area contributed by atoms with E-state index in [1.54, 1.807) is 0 Å². The van der Waals surface area contributed by atoms with Crippen LogP contribution in [0, 0.1) is 5.92 Å². The molecule has 0 spiro atoms. The number of hydrogen-bond acceptors (Lipinski definition) is 3. The Hall–Kier alpha value is -0.120. The van der Waals surface area contributed by atoms with E-state index in [0.717, 1.165) is 19.4 Å². The molecule has 2 unspecified atom stereocenters. The van der Waals surface area contributed by atoms with E-state index in [1.165, 1.54) is 0 Å². The van der Waals surface area contributed by atoms with Crippen molar-refractivity contribution in [3.8, 4) is 0 Å². The minimum atomic E-state index is -0.325. The lowest BCUT2D eigenvalue weighted by Crippen LogP contribution is -2.37. The van der Waals surface area contributed by atoms with Crippen molar-refractivity contribution in [1.82, 2.24) is 5.32 Å². The minimum Gasteiger partial charge on any atom is -0.392 e. The lowest BCUT2D eigenvalue weighted by molar-refractivity contribution is -0.0666. The van der Waals surface area contributed by atoms with Crippen molar-refractivity contribution in [2.24, 2.45) is 5.92 Å². The van der Waals surface area contributed by atoms with Crippen molar-refractivity contribution in [1.29, 1.82) is 0 Å². The van der Waals surface area contributed by atoms with Gasteiger partial charge in [0.05, 0.1) is 11.7 Å². The van der Waals surface area contributed by atoms with Gasteiger partial charge in [-0.1, -0.05) is 20.8 Å². The molecule has 0 radical (unpaired) electrons. The maximum Gasteiger partial charge on any atom is 0.0691 e. The summed E-state index contributed by atoms with van der Waals surface area (Å²) in [4.78, 5) is 0. The van der Waals surface area contributed by atoms with Crippen LogP contribution in [-0.2, 0) is 4.74 Å². The monoisotopic (exact) mass is 231 g/mol. The summed E-state index contributed by atoms with van der Waals surface area (Å²) in [6.45, 7) is 10.0. The van der Waals surface area contributed by atoms with E-state index >= 15 is 0 Å². The van der Waals surface area contributed by atoms with Gasteiger partial charge in [-0.2, -0.15) is 0 Å². The zero-order chi connectivity index (χ0) is 12.6. The van der Waals surface area contributed by atoms with Crippen LogP contribution in [0.1, 0.15) is 47.0 Å². The average molecular weight is 231 g/mol. The maximum atomic E-state index is 9.78. The van der Waals surface area contributed by atoms with E-state index in [-0.39, 0.29) is 11.7 Å². The van der Waals surface area contributed by atoms with E-state index in [0.29, 0.717) is 18.9 Å². The summed E-state index contributed by atoms with van der Waals surface area (Å²) in [5, 5.41) is 12.8. The van der Waals surface area contributed by atoms with Gasteiger partial charge in [0.25, 0.3) is 0 Å². The highest BCUT2D eigenvalue weighted by molar-refractivity contribution is 4.78. The van der Waals surface area contributed by atoms with Gasteiger partial charge in [-0.3, -0.25) is 0 Å². The molecule has 16 heavy (non-hydrogen) atoms. The predicted molar refractivity (Wildman–Crippen MR) is 68.7 cm³/mol. The van der Waals surface area contributed by atoms with Crippen molar-refractivity contribution < 1.29 is 9.84 Å². The van der Waals surface area contributed by atoms with E-state index < -0.39 is 0 Å². The molecule has 0 fully saturated rings. The van der Waals surface area contributed by atoms with Gasteiger partial charge in [0, 0.05) is 19.6 Å². The van der Waals surface area contributed by atoms with Crippen molar-refractivity contribution in [3.63, 3.8) is 0 Å². The lowest BCUT2D eigenvalue weighted by Gasteiger charge is -2.31. The summed E-state index contributed by atoms with van der Waals surface area (Å²) in [5.41, 5.74) is -0.189. The van der Waals surface area contributed by atoms with Crippen molar-refractivity contribution >= 4 is 0 Å². The first-order valence-corrected chi connectivity index (χ1v) is 6.40. The average Bonchev–Trinajstić information content (AvgIpc) is 2.17. The smallest absolute Gasteiger partial charge is 0.0691 e. The van der Waals surface area contributed by atoms with Crippen LogP contribution >= 0.6 is 0 Å². The number of aliphatic hydroxyl groups is 1. The van der Waals surface area contributed by atoms with Crippen LogP contribution in [-0.4, -0.2) is 37.0 Å². The molecule has 0 aliphatic heterocycles. The second-order valence-electron chi connectivity index (χ2n) is 5.25. The molecule has 0 aliphatic carbocycles. The van der Waals surface area contributed by atoms with Gasteiger partial charge in [0.2, 0.25) is 0 Å². The zero-order valence-electron chi connectivity index (χ0n) is 11.5. The summed E-state index contributed by atoms with van der Waals surface area (Å²) in [5.74, 6) is 0.670. The van der Waals surface area contributed by atoms with Crippen LogP contribution in [0.3, 0.4) is 0 Å². The third-order valence-electron chi connectivity index (χ3n) is 3.00. The maximum absolute atomic E-state index is 9.78. The normalized spacial score (nSPS) is 17.4. The number of ether oxygens (including phenoxy) is 1. The van der Waals surface area contributed by atoms with Crippen molar-refractivity contribution in [2.45, 2.75) is 58.7 Å². The van der Waals surface area contributed by atoms with Crippen LogP contribution in [0.25, 0.3) is 0 Å². The van der Waals surface area contributed by atoms with Crippen LogP contribution < -0.4 is 5.32 Å². The molecule has 3 nitrogen and oxygen atoms in total. The Balaban J connectivity index is 3.99. The van der Waals surface area contributed by atoms with Gasteiger partial charge in [0.1, 0.15) is 0 Å². The van der Waals surface area contributed by atoms with Gasteiger partial charge in [0.15, 0.2) is 0 Å².